The Hall–Kier alpha value is 0.0300. The first-order valence-corrected chi connectivity index (χ1v) is 4.09. The van der Waals surface area contributed by atoms with Gasteiger partial charge in [0.1, 0.15) is 6.11 Å². The van der Waals surface area contributed by atoms with Crippen molar-refractivity contribution in [3.63, 3.8) is 0 Å². The molecule has 0 heterocycles. The van der Waals surface area contributed by atoms with Crippen molar-refractivity contribution >= 4 is 24.2 Å². The highest BCUT2D eigenvalue weighted by molar-refractivity contribution is 9.09. The highest BCUT2D eigenvalue weighted by atomic mass is 79.9. The van der Waals surface area contributed by atoms with Crippen LogP contribution in [0.25, 0.3) is 0 Å². The molecule has 0 rings (SSSR count). The summed E-state index contributed by atoms with van der Waals surface area (Å²) in [6, 6.07) is 0. The molecule has 1 unspecified atom stereocenters. The zero-order chi connectivity index (χ0) is 6.41. The molecule has 0 aliphatic carbocycles. The maximum absolute atomic E-state index is 9.72. The molecule has 0 aliphatic rings. The third-order valence-electron chi connectivity index (χ3n) is 0.277. The standard InChI is InChI=1S/C3H4BrO3P/c4-2-1-3-7-8(5)6/h8H,2H2,(H,5,6). The summed E-state index contributed by atoms with van der Waals surface area (Å²) < 4.78 is 13.7. The van der Waals surface area contributed by atoms with Gasteiger partial charge in [0.05, 0.1) is 5.33 Å². The molecule has 0 spiro atoms. The zero-order valence-electron chi connectivity index (χ0n) is 3.85. The Morgan fingerprint density at radius 2 is 2.50 bits per heavy atom. The molecule has 0 aliphatic heterocycles. The molecular weight excluding hydrogens is 195 g/mol. The van der Waals surface area contributed by atoms with Gasteiger partial charge < -0.3 is 9.42 Å². The monoisotopic (exact) mass is 198 g/mol. The van der Waals surface area contributed by atoms with Gasteiger partial charge in [-0.2, -0.15) is 0 Å². The summed E-state index contributed by atoms with van der Waals surface area (Å²) in [6.07, 6.45) is 2.02. The predicted octanol–water partition coefficient (Wildman–Crippen LogP) is 0.741. The van der Waals surface area contributed by atoms with Gasteiger partial charge in [0, 0.05) is 0 Å². The van der Waals surface area contributed by atoms with E-state index in [1.54, 1.807) is 0 Å². The molecule has 0 radical (unpaired) electrons. The van der Waals surface area contributed by atoms with Gasteiger partial charge in [-0.3, -0.25) is 0 Å². The van der Waals surface area contributed by atoms with Crippen LogP contribution in [0.3, 0.4) is 0 Å². The van der Waals surface area contributed by atoms with Crippen LogP contribution in [-0.4, -0.2) is 10.2 Å². The summed E-state index contributed by atoms with van der Waals surface area (Å²) in [6.45, 7) is 0. The van der Waals surface area contributed by atoms with Crippen LogP contribution < -0.4 is 0 Å². The SMILES string of the molecule is O=[PH](O)OC#CCBr. The number of halogens is 1. The van der Waals surface area contributed by atoms with Crippen molar-refractivity contribution < 1.29 is 14.0 Å². The molecule has 0 bridgehead atoms. The maximum Gasteiger partial charge on any atom is 0.373 e. The van der Waals surface area contributed by atoms with E-state index in [-0.39, 0.29) is 0 Å². The lowest BCUT2D eigenvalue weighted by atomic mass is 10.8. The molecule has 0 aromatic carbocycles. The Labute approximate surface area is 56.1 Å². The second-order valence-electron chi connectivity index (χ2n) is 0.780. The number of hydrogen-bond acceptors (Lipinski definition) is 2. The highest BCUT2D eigenvalue weighted by Crippen LogP contribution is 2.11. The van der Waals surface area contributed by atoms with Gasteiger partial charge in [0.15, 0.2) is 0 Å². The van der Waals surface area contributed by atoms with Gasteiger partial charge in [-0.15, -0.1) is 0 Å². The smallest absolute Gasteiger partial charge is 0.372 e. The first-order chi connectivity index (χ1) is 3.77. The van der Waals surface area contributed by atoms with Crippen LogP contribution >= 0.6 is 24.2 Å². The average Bonchev–Trinajstić information content (AvgIpc) is 1.66. The summed E-state index contributed by atoms with van der Waals surface area (Å²) >= 11 is 2.97. The number of alkyl halides is 1. The van der Waals surface area contributed by atoms with Crippen LogP contribution in [0.15, 0.2) is 0 Å². The summed E-state index contributed by atoms with van der Waals surface area (Å²) in [5.74, 6) is 2.39. The molecule has 1 atom stereocenters. The second-order valence-corrected chi connectivity index (χ2v) is 2.08. The van der Waals surface area contributed by atoms with Crippen LogP contribution in [0.2, 0.25) is 0 Å². The number of hydrogen-bond donors (Lipinski definition) is 1. The Bertz CT molecular complexity index is 135. The molecule has 0 amide bonds. The van der Waals surface area contributed by atoms with Crippen molar-refractivity contribution in [2.45, 2.75) is 0 Å². The highest BCUT2D eigenvalue weighted by Gasteiger charge is 1.80. The molecule has 0 saturated carbocycles. The van der Waals surface area contributed by atoms with E-state index in [1.165, 1.54) is 0 Å². The van der Waals surface area contributed by atoms with Crippen molar-refractivity contribution in [1.29, 1.82) is 0 Å². The zero-order valence-corrected chi connectivity index (χ0v) is 6.43. The van der Waals surface area contributed by atoms with Crippen molar-refractivity contribution in [3.05, 3.63) is 0 Å². The topological polar surface area (TPSA) is 46.5 Å². The Morgan fingerprint density at radius 3 is 2.88 bits per heavy atom. The predicted molar refractivity (Wildman–Crippen MR) is 33.9 cm³/mol. The first kappa shape index (κ1) is 8.03. The molecule has 0 saturated heterocycles. The van der Waals surface area contributed by atoms with Crippen LogP contribution in [0.1, 0.15) is 0 Å². The molecule has 3 nitrogen and oxygen atoms in total. The Balaban J connectivity index is 3.29. The maximum atomic E-state index is 9.72. The summed E-state index contributed by atoms with van der Waals surface area (Å²) in [5, 5.41) is 0.447. The van der Waals surface area contributed by atoms with E-state index in [9.17, 15) is 4.57 Å². The number of rotatable bonds is 1. The average molecular weight is 199 g/mol. The fourth-order valence-corrected chi connectivity index (χ4v) is 0.381. The van der Waals surface area contributed by atoms with Crippen LogP contribution in [-0.2, 0) is 9.09 Å². The lowest BCUT2D eigenvalue weighted by Gasteiger charge is -1.82. The van der Waals surface area contributed by atoms with E-state index in [2.05, 4.69) is 26.4 Å². The summed E-state index contributed by atoms with van der Waals surface area (Å²) in [4.78, 5) is 7.99. The fourth-order valence-electron chi connectivity index (χ4n) is 0.107. The van der Waals surface area contributed by atoms with Gasteiger partial charge in [-0.1, -0.05) is 15.9 Å². The second kappa shape index (κ2) is 5.17. The minimum atomic E-state index is -2.85. The van der Waals surface area contributed by atoms with E-state index in [1.807, 2.05) is 6.11 Å². The van der Waals surface area contributed by atoms with Crippen LogP contribution in [0.4, 0.5) is 0 Å². The molecule has 5 heteroatoms. The minimum absolute atomic E-state index is 0.447. The third kappa shape index (κ3) is 6.03. The quantitative estimate of drug-likeness (QED) is 0.384. The molecule has 8 heavy (non-hydrogen) atoms. The normalized spacial score (nSPS) is 11.2. The van der Waals surface area contributed by atoms with Gasteiger partial charge in [0.2, 0.25) is 0 Å². The van der Waals surface area contributed by atoms with Gasteiger partial charge in [-0.25, -0.2) is 4.57 Å². The Kier molecular flexibility index (Phi) is 5.19. The molecule has 1 N–H and O–H groups in total. The molecule has 0 fully saturated rings. The van der Waals surface area contributed by atoms with Gasteiger partial charge in [-0.05, 0) is 5.92 Å². The van der Waals surface area contributed by atoms with Crippen molar-refractivity contribution in [3.8, 4) is 12.0 Å². The van der Waals surface area contributed by atoms with Gasteiger partial charge >= 0.3 is 8.25 Å². The van der Waals surface area contributed by atoms with Crippen molar-refractivity contribution in [1.82, 2.24) is 0 Å². The van der Waals surface area contributed by atoms with Crippen molar-refractivity contribution in [2.24, 2.45) is 0 Å². The van der Waals surface area contributed by atoms with E-state index < -0.39 is 8.25 Å². The minimum Gasteiger partial charge on any atom is -0.372 e. The molecule has 0 aromatic rings. The summed E-state index contributed by atoms with van der Waals surface area (Å²) in [5.41, 5.74) is 0. The molecule has 0 aromatic heterocycles. The fraction of sp³-hybridized carbons (Fsp3) is 0.333. The summed E-state index contributed by atoms with van der Waals surface area (Å²) in [7, 11) is -2.85. The first-order valence-electron chi connectivity index (χ1n) is 1.71. The largest absolute Gasteiger partial charge is 0.373 e. The molecular formula is C3H4BrO3P. The van der Waals surface area contributed by atoms with Crippen LogP contribution in [0.5, 0.6) is 0 Å². The lowest BCUT2D eigenvalue weighted by molar-refractivity contribution is 0.394. The van der Waals surface area contributed by atoms with E-state index >= 15 is 0 Å². The van der Waals surface area contributed by atoms with Gasteiger partial charge in [0.25, 0.3) is 0 Å². The van der Waals surface area contributed by atoms with Crippen molar-refractivity contribution in [2.75, 3.05) is 5.33 Å². The Morgan fingerprint density at radius 1 is 1.88 bits per heavy atom. The third-order valence-corrected chi connectivity index (χ3v) is 0.834. The van der Waals surface area contributed by atoms with E-state index in [0.717, 1.165) is 0 Å². The molecule has 46 valence electrons. The van der Waals surface area contributed by atoms with Crippen LogP contribution in [0, 0.1) is 12.0 Å². The van der Waals surface area contributed by atoms with E-state index in [0.29, 0.717) is 5.33 Å². The van der Waals surface area contributed by atoms with E-state index in [4.69, 9.17) is 4.89 Å². The lowest BCUT2D eigenvalue weighted by Crippen LogP contribution is -1.64.